The van der Waals surface area contributed by atoms with Crippen molar-refractivity contribution in [3.63, 3.8) is 0 Å². The zero-order valence-electron chi connectivity index (χ0n) is 15.5. The fourth-order valence-corrected chi connectivity index (χ4v) is 5.53. The average Bonchev–Trinajstić information content (AvgIpc) is 3.35. The zero-order chi connectivity index (χ0) is 19.3. The second kappa shape index (κ2) is 6.61. The third-order valence-corrected chi connectivity index (χ3v) is 6.87. The molecule has 28 heavy (non-hydrogen) atoms. The lowest BCUT2D eigenvalue weighted by Gasteiger charge is -2.36. The van der Waals surface area contributed by atoms with E-state index < -0.39 is 11.5 Å². The molecule has 0 saturated carbocycles. The van der Waals surface area contributed by atoms with Crippen molar-refractivity contribution < 1.29 is 9.59 Å². The fourth-order valence-electron chi connectivity index (χ4n) is 5.33. The van der Waals surface area contributed by atoms with Gasteiger partial charge in [-0.3, -0.25) is 14.5 Å². The highest BCUT2D eigenvalue weighted by atomic mass is 35.5. The molecule has 5 nitrogen and oxygen atoms in total. The maximum Gasteiger partial charge on any atom is 0.250 e. The first kappa shape index (κ1) is 17.7. The molecule has 2 aromatic rings. The minimum absolute atomic E-state index is 0.0732. The van der Waals surface area contributed by atoms with Gasteiger partial charge in [-0.2, -0.15) is 0 Å². The molecule has 0 aromatic heterocycles. The Labute approximate surface area is 169 Å². The van der Waals surface area contributed by atoms with Crippen LogP contribution in [0.4, 0.5) is 5.69 Å². The quantitative estimate of drug-likeness (QED) is 0.838. The van der Waals surface area contributed by atoms with Crippen molar-refractivity contribution >= 4 is 29.1 Å². The Hall–Kier alpha value is -2.37. The average molecular weight is 396 g/mol. The molecule has 0 aliphatic carbocycles. The minimum Gasteiger partial charge on any atom is -0.352 e. The Morgan fingerprint density at radius 1 is 1.21 bits per heavy atom. The first-order chi connectivity index (χ1) is 13.6. The summed E-state index contributed by atoms with van der Waals surface area (Å²) < 4.78 is 0. The Morgan fingerprint density at radius 2 is 2.00 bits per heavy atom. The van der Waals surface area contributed by atoms with Crippen LogP contribution >= 0.6 is 11.6 Å². The first-order valence-electron chi connectivity index (χ1n) is 9.81. The number of carbonyl (C=O) groups is 2. The monoisotopic (exact) mass is 395 g/mol. The molecule has 3 atom stereocenters. The van der Waals surface area contributed by atoms with Crippen molar-refractivity contribution in [3.8, 4) is 0 Å². The lowest BCUT2D eigenvalue weighted by molar-refractivity contribution is -0.137. The number of benzene rings is 2. The summed E-state index contributed by atoms with van der Waals surface area (Å²) in [4.78, 5) is 28.9. The Morgan fingerprint density at radius 3 is 2.86 bits per heavy atom. The third-order valence-electron chi connectivity index (χ3n) is 6.50. The molecule has 5 rings (SSSR count). The van der Waals surface area contributed by atoms with E-state index in [-0.39, 0.29) is 17.9 Å². The van der Waals surface area contributed by atoms with Crippen molar-refractivity contribution in [2.24, 2.45) is 5.92 Å². The van der Waals surface area contributed by atoms with Crippen LogP contribution in [0.25, 0.3) is 0 Å². The van der Waals surface area contributed by atoms with Gasteiger partial charge in [0.25, 0.3) is 0 Å². The van der Waals surface area contributed by atoms with Gasteiger partial charge in [0.15, 0.2) is 0 Å². The van der Waals surface area contributed by atoms with Crippen LogP contribution in [-0.4, -0.2) is 29.3 Å². The normalized spacial score (nSPS) is 28.2. The van der Waals surface area contributed by atoms with Gasteiger partial charge in [0.1, 0.15) is 5.54 Å². The second-order valence-corrected chi connectivity index (χ2v) is 8.26. The smallest absolute Gasteiger partial charge is 0.250 e. The molecule has 144 valence electrons. The molecule has 3 unspecified atom stereocenters. The van der Waals surface area contributed by atoms with E-state index in [9.17, 15) is 9.59 Å². The summed E-state index contributed by atoms with van der Waals surface area (Å²) in [6.45, 7) is 1.21. The van der Waals surface area contributed by atoms with Crippen molar-refractivity contribution in [1.82, 2.24) is 10.2 Å². The van der Waals surface area contributed by atoms with Gasteiger partial charge >= 0.3 is 0 Å². The fraction of sp³-hybridized carbons (Fsp3) is 0.364. The molecule has 3 aliphatic heterocycles. The van der Waals surface area contributed by atoms with Crippen LogP contribution in [0.1, 0.15) is 30.4 Å². The number of para-hydroxylation sites is 1. The second-order valence-electron chi connectivity index (χ2n) is 7.85. The van der Waals surface area contributed by atoms with Crippen LogP contribution in [0, 0.1) is 5.92 Å². The SMILES string of the molecule is O=C(NCc1ccccc1Cl)C1CC2CCCN2C12C(=O)Nc1ccccc12. The number of rotatable bonds is 3. The number of nitrogens with one attached hydrogen (secondary N) is 2. The summed E-state index contributed by atoms with van der Waals surface area (Å²) >= 11 is 6.23. The van der Waals surface area contributed by atoms with Gasteiger partial charge in [0.2, 0.25) is 11.8 Å². The van der Waals surface area contributed by atoms with Gasteiger partial charge in [-0.25, -0.2) is 0 Å². The standard InChI is InChI=1S/C22H22ClN3O2/c23-18-9-3-1-6-14(18)13-24-20(27)17-12-15-7-5-11-26(15)22(17)16-8-2-4-10-19(16)25-21(22)28/h1-4,6,8-10,15,17H,5,7,11-13H2,(H,24,27)(H,25,28). The predicted octanol–water partition coefficient (Wildman–Crippen LogP) is 3.29. The largest absolute Gasteiger partial charge is 0.352 e. The van der Waals surface area contributed by atoms with E-state index in [1.165, 1.54) is 0 Å². The van der Waals surface area contributed by atoms with Crippen LogP contribution in [0.15, 0.2) is 48.5 Å². The number of amides is 2. The maximum atomic E-state index is 13.3. The van der Waals surface area contributed by atoms with E-state index in [1.807, 2.05) is 48.5 Å². The maximum absolute atomic E-state index is 13.3. The zero-order valence-corrected chi connectivity index (χ0v) is 16.2. The topological polar surface area (TPSA) is 61.4 Å². The summed E-state index contributed by atoms with van der Waals surface area (Å²) in [6, 6.07) is 15.5. The number of fused-ring (bicyclic) bond motifs is 4. The molecule has 0 radical (unpaired) electrons. The molecule has 2 aromatic carbocycles. The van der Waals surface area contributed by atoms with Gasteiger partial charge < -0.3 is 10.6 Å². The number of hydrogen-bond acceptors (Lipinski definition) is 3. The lowest BCUT2D eigenvalue weighted by atomic mass is 9.78. The molecule has 2 saturated heterocycles. The highest BCUT2D eigenvalue weighted by Crippen LogP contribution is 2.55. The molecule has 6 heteroatoms. The highest BCUT2D eigenvalue weighted by molar-refractivity contribution is 6.31. The van der Waals surface area contributed by atoms with E-state index in [0.717, 1.165) is 36.2 Å². The molecular weight excluding hydrogens is 374 g/mol. The van der Waals surface area contributed by atoms with E-state index in [0.29, 0.717) is 18.0 Å². The third kappa shape index (κ3) is 2.43. The van der Waals surface area contributed by atoms with Crippen LogP contribution < -0.4 is 10.6 Å². The predicted molar refractivity (Wildman–Crippen MR) is 108 cm³/mol. The van der Waals surface area contributed by atoms with Crippen LogP contribution in [0.2, 0.25) is 5.02 Å². The molecule has 3 aliphatic rings. The summed E-state index contributed by atoms with van der Waals surface area (Å²) in [6.07, 6.45) is 2.80. The van der Waals surface area contributed by atoms with Gasteiger partial charge in [0, 0.05) is 28.9 Å². The molecule has 3 heterocycles. The first-order valence-corrected chi connectivity index (χ1v) is 10.2. The summed E-state index contributed by atoms with van der Waals surface area (Å²) in [5.74, 6) is -0.568. The van der Waals surface area contributed by atoms with E-state index in [2.05, 4.69) is 15.5 Å². The lowest BCUT2D eigenvalue weighted by Crippen LogP contribution is -2.54. The summed E-state index contributed by atoms with van der Waals surface area (Å²) in [5, 5.41) is 6.71. The molecule has 2 amide bonds. The van der Waals surface area contributed by atoms with Crippen LogP contribution in [0.5, 0.6) is 0 Å². The van der Waals surface area contributed by atoms with Gasteiger partial charge in [-0.1, -0.05) is 48.0 Å². The van der Waals surface area contributed by atoms with Crippen LogP contribution in [-0.2, 0) is 21.7 Å². The molecule has 1 spiro atoms. The Bertz CT molecular complexity index is 962. The summed E-state index contributed by atoms with van der Waals surface area (Å²) in [7, 11) is 0. The van der Waals surface area contributed by atoms with E-state index in [4.69, 9.17) is 11.6 Å². The summed E-state index contributed by atoms with van der Waals surface area (Å²) in [5.41, 5.74) is 1.73. The minimum atomic E-state index is -0.900. The van der Waals surface area contributed by atoms with Crippen molar-refractivity contribution in [1.29, 1.82) is 0 Å². The highest BCUT2D eigenvalue weighted by Gasteiger charge is 2.65. The van der Waals surface area contributed by atoms with Crippen molar-refractivity contribution in [2.45, 2.75) is 37.4 Å². The molecule has 2 N–H and O–H groups in total. The van der Waals surface area contributed by atoms with Gasteiger partial charge in [-0.15, -0.1) is 0 Å². The Kier molecular flexibility index (Phi) is 4.18. The Balaban J connectivity index is 1.49. The van der Waals surface area contributed by atoms with Crippen LogP contribution in [0.3, 0.4) is 0 Å². The van der Waals surface area contributed by atoms with Crippen molar-refractivity contribution in [2.75, 3.05) is 11.9 Å². The van der Waals surface area contributed by atoms with Gasteiger partial charge in [-0.05, 0) is 43.5 Å². The van der Waals surface area contributed by atoms with Crippen molar-refractivity contribution in [3.05, 3.63) is 64.7 Å². The molecular formula is C22H22ClN3O2. The van der Waals surface area contributed by atoms with E-state index in [1.54, 1.807) is 0 Å². The number of halogens is 1. The van der Waals surface area contributed by atoms with E-state index >= 15 is 0 Å². The number of carbonyl (C=O) groups excluding carboxylic acids is 2. The molecule has 2 fully saturated rings. The number of anilines is 1. The van der Waals surface area contributed by atoms with Gasteiger partial charge in [0.05, 0.1) is 5.92 Å². The molecule has 0 bridgehead atoms. The number of nitrogens with zero attached hydrogens (tertiary/aromatic N) is 1. The number of hydrogen-bond donors (Lipinski definition) is 2.